The van der Waals surface area contributed by atoms with Crippen molar-refractivity contribution in [2.24, 2.45) is 0 Å². The Morgan fingerprint density at radius 1 is 1.50 bits per heavy atom. The topological polar surface area (TPSA) is 54.5 Å². The molecule has 0 aromatic heterocycles. The normalized spacial score (nSPS) is 40.2. The lowest BCUT2D eigenvalue weighted by Gasteiger charge is -2.22. The molecular weight excluding hydrogens is 178 g/mol. The van der Waals surface area contributed by atoms with E-state index in [9.17, 15) is 13.2 Å². The molecule has 2 fully saturated rings. The van der Waals surface area contributed by atoms with Gasteiger partial charge >= 0.3 is 0 Å². The Bertz CT molecular complexity index is 335. The fourth-order valence-corrected chi connectivity index (χ4v) is 4.07. The molecule has 2 heterocycles. The van der Waals surface area contributed by atoms with Crippen molar-refractivity contribution in [2.45, 2.75) is 25.3 Å². The predicted molar refractivity (Wildman–Crippen MR) is 43.1 cm³/mol. The summed E-state index contributed by atoms with van der Waals surface area (Å²) in [6.45, 7) is 2.25. The Labute approximate surface area is 71.6 Å². The molecule has 0 saturated carbocycles. The van der Waals surface area contributed by atoms with Gasteiger partial charge in [-0.25, -0.2) is 8.42 Å². The van der Waals surface area contributed by atoms with Crippen LogP contribution in [0.4, 0.5) is 0 Å². The second-order valence-corrected chi connectivity index (χ2v) is 5.52. The average molecular weight is 189 g/mol. The summed E-state index contributed by atoms with van der Waals surface area (Å²) >= 11 is 0. The van der Waals surface area contributed by atoms with E-state index in [4.69, 9.17) is 0 Å². The van der Waals surface area contributed by atoms with E-state index in [1.54, 1.807) is 6.92 Å². The van der Waals surface area contributed by atoms with Gasteiger partial charge in [-0.15, -0.1) is 0 Å². The number of ketones is 1. The molecule has 68 valence electrons. The maximum Gasteiger partial charge on any atom is 0.222 e. The third-order valence-electron chi connectivity index (χ3n) is 2.83. The van der Waals surface area contributed by atoms with Gasteiger partial charge < -0.3 is 0 Å². The number of nitrogens with zero attached hydrogens (tertiary/aromatic N) is 1. The molecule has 2 aliphatic rings. The third-order valence-corrected chi connectivity index (χ3v) is 4.71. The van der Waals surface area contributed by atoms with Gasteiger partial charge in [0.15, 0.2) is 5.78 Å². The number of Topliss-reactive ketones (excluding diaryl/α,β-unsaturated/α-hetero) is 1. The molecule has 5 heteroatoms. The minimum atomic E-state index is -3.25. The van der Waals surface area contributed by atoms with Gasteiger partial charge in [0.25, 0.3) is 0 Å². The van der Waals surface area contributed by atoms with Gasteiger partial charge in [-0.05, 0) is 19.8 Å². The van der Waals surface area contributed by atoms with Crippen molar-refractivity contribution in [1.29, 1.82) is 0 Å². The summed E-state index contributed by atoms with van der Waals surface area (Å²) in [5.41, 5.74) is -0.696. The quantitative estimate of drug-likeness (QED) is 0.528. The Balaban J connectivity index is 2.53. The second-order valence-electron chi connectivity index (χ2n) is 3.63. The first-order valence-corrected chi connectivity index (χ1v) is 5.61. The number of rotatable bonds is 0. The summed E-state index contributed by atoms with van der Waals surface area (Å²) in [5, 5.41) is 0. The lowest BCUT2D eigenvalue weighted by molar-refractivity contribution is -0.122. The Kier molecular flexibility index (Phi) is 1.42. The molecule has 12 heavy (non-hydrogen) atoms. The molecule has 0 aromatic carbocycles. The van der Waals surface area contributed by atoms with Crippen molar-refractivity contribution in [3.05, 3.63) is 0 Å². The van der Waals surface area contributed by atoms with Crippen molar-refractivity contribution in [1.82, 2.24) is 4.31 Å². The summed E-state index contributed by atoms with van der Waals surface area (Å²) in [6, 6.07) is 0. The first-order chi connectivity index (χ1) is 5.47. The van der Waals surface area contributed by atoms with Crippen LogP contribution in [0.15, 0.2) is 0 Å². The summed E-state index contributed by atoms with van der Waals surface area (Å²) in [4.78, 5) is 11.4. The van der Waals surface area contributed by atoms with Crippen LogP contribution >= 0.6 is 0 Å². The van der Waals surface area contributed by atoms with Crippen molar-refractivity contribution in [3.63, 3.8) is 0 Å². The van der Waals surface area contributed by atoms with E-state index in [1.807, 2.05) is 0 Å². The van der Waals surface area contributed by atoms with Crippen molar-refractivity contribution < 1.29 is 13.2 Å². The lowest BCUT2D eigenvalue weighted by Crippen LogP contribution is -2.41. The van der Waals surface area contributed by atoms with Crippen LogP contribution < -0.4 is 0 Å². The van der Waals surface area contributed by atoms with Crippen LogP contribution in [0.25, 0.3) is 0 Å². The van der Waals surface area contributed by atoms with Gasteiger partial charge in [0.05, 0.1) is 5.54 Å². The standard InChI is InChI=1S/C7H11NO3S/c1-7-3-2-4-8(7)12(10,11)5-6(7)9/h2-5H2,1H3. The van der Waals surface area contributed by atoms with Crippen LogP contribution in [0.2, 0.25) is 0 Å². The molecule has 0 bridgehead atoms. The van der Waals surface area contributed by atoms with E-state index in [1.165, 1.54) is 4.31 Å². The molecule has 1 unspecified atom stereocenters. The molecule has 0 radical (unpaired) electrons. The highest BCUT2D eigenvalue weighted by Gasteiger charge is 2.55. The fraction of sp³-hybridized carbons (Fsp3) is 0.857. The predicted octanol–water partition coefficient (Wildman–Crippen LogP) is -0.247. The second kappa shape index (κ2) is 2.09. The molecule has 0 amide bonds. The van der Waals surface area contributed by atoms with Gasteiger partial charge in [-0.2, -0.15) is 4.31 Å². The van der Waals surface area contributed by atoms with Gasteiger partial charge in [0.2, 0.25) is 10.0 Å². The van der Waals surface area contributed by atoms with Crippen LogP contribution in [0.1, 0.15) is 19.8 Å². The van der Waals surface area contributed by atoms with Gasteiger partial charge in [-0.1, -0.05) is 0 Å². The summed E-state index contributed by atoms with van der Waals surface area (Å²) in [5.74, 6) is -0.427. The van der Waals surface area contributed by atoms with E-state index in [-0.39, 0.29) is 11.5 Å². The number of fused-ring (bicyclic) bond motifs is 1. The molecule has 0 spiro atoms. The highest BCUT2D eigenvalue weighted by atomic mass is 32.2. The third kappa shape index (κ3) is 0.806. The number of carbonyl (C=O) groups excluding carboxylic acids is 1. The highest BCUT2D eigenvalue weighted by Crippen LogP contribution is 2.37. The lowest BCUT2D eigenvalue weighted by atomic mass is 9.96. The first kappa shape index (κ1) is 8.19. The maximum atomic E-state index is 11.4. The molecule has 2 aliphatic heterocycles. The maximum absolute atomic E-state index is 11.4. The smallest absolute Gasteiger partial charge is 0.222 e. The Morgan fingerprint density at radius 2 is 2.17 bits per heavy atom. The van der Waals surface area contributed by atoms with Crippen molar-refractivity contribution in [2.75, 3.05) is 12.3 Å². The van der Waals surface area contributed by atoms with Gasteiger partial charge in [0, 0.05) is 6.54 Å². The molecule has 1 atom stereocenters. The molecule has 2 saturated heterocycles. The number of sulfonamides is 1. The zero-order valence-electron chi connectivity index (χ0n) is 6.91. The van der Waals surface area contributed by atoms with E-state index in [0.717, 1.165) is 6.42 Å². The summed E-state index contributed by atoms with van der Waals surface area (Å²) < 4.78 is 24.1. The minimum Gasteiger partial charge on any atom is -0.296 e. The van der Waals surface area contributed by atoms with E-state index in [0.29, 0.717) is 13.0 Å². The molecule has 4 nitrogen and oxygen atoms in total. The van der Waals surface area contributed by atoms with Crippen molar-refractivity contribution >= 4 is 15.8 Å². The Morgan fingerprint density at radius 3 is 2.75 bits per heavy atom. The van der Waals surface area contributed by atoms with Crippen LogP contribution in [0, 0.1) is 0 Å². The zero-order valence-corrected chi connectivity index (χ0v) is 7.73. The number of hydrogen-bond acceptors (Lipinski definition) is 3. The SMILES string of the molecule is CC12CCCN1S(=O)(=O)CC2=O. The van der Waals surface area contributed by atoms with Crippen LogP contribution in [0.3, 0.4) is 0 Å². The summed E-state index contributed by atoms with van der Waals surface area (Å²) in [6.07, 6.45) is 1.49. The molecule has 0 aromatic rings. The average Bonchev–Trinajstić information content (AvgIpc) is 2.37. The monoisotopic (exact) mass is 189 g/mol. The first-order valence-electron chi connectivity index (χ1n) is 4.01. The number of carbonyl (C=O) groups is 1. The molecule has 0 N–H and O–H groups in total. The van der Waals surface area contributed by atoms with Crippen LogP contribution in [0.5, 0.6) is 0 Å². The Hall–Kier alpha value is -0.420. The van der Waals surface area contributed by atoms with E-state index in [2.05, 4.69) is 0 Å². The minimum absolute atomic E-state index is 0.139. The largest absolute Gasteiger partial charge is 0.296 e. The fourth-order valence-electron chi connectivity index (χ4n) is 2.06. The zero-order chi connectivity index (χ0) is 8.98. The van der Waals surface area contributed by atoms with E-state index >= 15 is 0 Å². The summed E-state index contributed by atoms with van der Waals surface area (Å²) in [7, 11) is -3.25. The van der Waals surface area contributed by atoms with Gasteiger partial charge in [0.1, 0.15) is 5.75 Å². The molecule has 0 aliphatic carbocycles. The van der Waals surface area contributed by atoms with Crippen LogP contribution in [-0.2, 0) is 14.8 Å². The highest BCUT2D eigenvalue weighted by molar-refractivity contribution is 7.90. The number of hydrogen-bond donors (Lipinski definition) is 0. The van der Waals surface area contributed by atoms with Crippen molar-refractivity contribution in [3.8, 4) is 0 Å². The molecule has 2 rings (SSSR count). The molecular formula is C7H11NO3S. The van der Waals surface area contributed by atoms with Crippen LogP contribution in [-0.4, -0.2) is 36.3 Å². The van der Waals surface area contributed by atoms with E-state index < -0.39 is 15.6 Å². The van der Waals surface area contributed by atoms with Gasteiger partial charge in [-0.3, -0.25) is 4.79 Å².